The van der Waals surface area contributed by atoms with Gasteiger partial charge >= 0.3 is 6.03 Å². The number of aryl methyl sites for hydroxylation is 1. The molecule has 0 atom stereocenters. The molecule has 0 bridgehead atoms. The fraction of sp³-hybridized carbons (Fsp3) is 0.227. The topological polar surface area (TPSA) is 70.5 Å². The lowest BCUT2D eigenvalue weighted by Crippen LogP contribution is -2.50. The molecule has 2 aromatic carbocycles. The van der Waals surface area contributed by atoms with Gasteiger partial charge < -0.3 is 15.1 Å². The van der Waals surface area contributed by atoms with Gasteiger partial charge in [-0.3, -0.25) is 4.79 Å². The minimum atomic E-state index is -0.396. The fourth-order valence-electron chi connectivity index (χ4n) is 3.35. The van der Waals surface area contributed by atoms with Crippen LogP contribution in [0.4, 0.5) is 20.7 Å². The number of amides is 2. The monoisotopic (exact) mass is 407 g/mol. The summed E-state index contributed by atoms with van der Waals surface area (Å²) in [5.41, 5.74) is 2.04. The van der Waals surface area contributed by atoms with E-state index in [0.717, 1.165) is 5.56 Å². The summed E-state index contributed by atoms with van der Waals surface area (Å²) in [6, 6.07) is 16.4. The van der Waals surface area contributed by atoms with Crippen LogP contribution in [0.2, 0.25) is 0 Å². The Morgan fingerprint density at radius 2 is 1.73 bits per heavy atom. The van der Waals surface area contributed by atoms with Gasteiger partial charge in [0, 0.05) is 37.9 Å². The van der Waals surface area contributed by atoms with Gasteiger partial charge in [0.1, 0.15) is 11.6 Å². The van der Waals surface area contributed by atoms with Crippen LogP contribution in [0, 0.1) is 12.7 Å². The first-order chi connectivity index (χ1) is 14.5. The Morgan fingerprint density at radius 3 is 2.43 bits per heavy atom. The molecule has 1 saturated heterocycles. The fourth-order valence-corrected chi connectivity index (χ4v) is 3.35. The van der Waals surface area contributed by atoms with Crippen LogP contribution in [-0.4, -0.2) is 46.9 Å². The third kappa shape index (κ3) is 4.32. The van der Waals surface area contributed by atoms with Gasteiger partial charge in [-0.1, -0.05) is 23.8 Å². The molecule has 154 valence electrons. The van der Waals surface area contributed by atoms with Crippen LogP contribution in [0.3, 0.4) is 0 Å². The van der Waals surface area contributed by atoms with Crippen LogP contribution in [0.5, 0.6) is 0 Å². The zero-order chi connectivity index (χ0) is 21.1. The SMILES string of the molecule is Cc1ccc(-n2nc(N3CCN(C(=O)Nc4cccc(F)c4)CC3)ccc2=O)cc1. The zero-order valence-electron chi connectivity index (χ0n) is 16.6. The number of anilines is 2. The third-order valence-electron chi connectivity index (χ3n) is 5.03. The van der Waals surface area contributed by atoms with Crippen molar-refractivity contribution in [3.8, 4) is 5.69 Å². The molecule has 2 amide bonds. The Morgan fingerprint density at radius 1 is 1.00 bits per heavy atom. The van der Waals surface area contributed by atoms with E-state index in [1.807, 2.05) is 36.1 Å². The van der Waals surface area contributed by atoms with Gasteiger partial charge in [0.25, 0.3) is 5.56 Å². The van der Waals surface area contributed by atoms with E-state index < -0.39 is 5.82 Å². The molecule has 1 aromatic heterocycles. The van der Waals surface area contributed by atoms with E-state index in [1.54, 1.807) is 23.1 Å². The van der Waals surface area contributed by atoms with Crippen molar-refractivity contribution < 1.29 is 9.18 Å². The summed E-state index contributed by atoms with van der Waals surface area (Å²) in [5, 5.41) is 7.23. The molecule has 7 nitrogen and oxygen atoms in total. The molecular formula is C22H22FN5O2. The van der Waals surface area contributed by atoms with Crippen molar-refractivity contribution in [3.63, 3.8) is 0 Å². The highest BCUT2D eigenvalue weighted by Gasteiger charge is 2.22. The van der Waals surface area contributed by atoms with Crippen molar-refractivity contribution >= 4 is 17.5 Å². The first-order valence-corrected chi connectivity index (χ1v) is 9.73. The molecule has 0 radical (unpaired) electrons. The first-order valence-electron chi connectivity index (χ1n) is 9.73. The lowest BCUT2D eigenvalue weighted by atomic mass is 10.2. The van der Waals surface area contributed by atoms with Crippen LogP contribution in [0.25, 0.3) is 5.69 Å². The van der Waals surface area contributed by atoms with Crippen molar-refractivity contribution in [2.45, 2.75) is 6.92 Å². The summed E-state index contributed by atoms with van der Waals surface area (Å²) >= 11 is 0. The van der Waals surface area contributed by atoms with Crippen LogP contribution in [-0.2, 0) is 0 Å². The number of aromatic nitrogens is 2. The highest BCUT2D eigenvalue weighted by atomic mass is 19.1. The number of carbonyl (C=O) groups excluding carboxylic acids is 1. The Labute approximate surface area is 173 Å². The number of hydrogen-bond acceptors (Lipinski definition) is 4. The maximum Gasteiger partial charge on any atom is 0.321 e. The van der Waals surface area contributed by atoms with E-state index in [2.05, 4.69) is 10.4 Å². The highest BCUT2D eigenvalue weighted by Crippen LogP contribution is 2.15. The number of rotatable bonds is 3. The van der Waals surface area contributed by atoms with Gasteiger partial charge in [0.05, 0.1) is 5.69 Å². The molecule has 1 fully saturated rings. The van der Waals surface area contributed by atoms with Gasteiger partial charge in [-0.05, 0) is 43.3 Å². The second-order valence-corrected chi connectivity index (χ2v) is 7.19. The summed E-state index contributed by atoms with van der Waals surface area (Å²) in [7, 11) is 0. The molecular weight excluding hydrogens is 385 g/mol. The number of urea groups is 1. The van der Waals surface area contributed by atoms with Crippen molar-refractivity contribution in [2.24, 2.45) is 0 Å². The van der Waals surface area contributed by atoms with Gasteiger partial charge in [-0.15, -0.1) is 5.10 Å². The standard InChI is InChI=1S/C22H22FN5O2/c1-16-5-7-19(8-6-16)28-21(29)10-9-20(25-28)26-11-13-27(14-12-26)22(30)24-18-4-2-3-17(23)15-18/h2-10,15H,11-14H2,1H3,(H,24,30). The maximum absolute atomic E-state index is 13.3. The highest BCUT2D eigenvalue weighted by molar-refractivity contribution is 5.89. The predicted molar refractivity (Wildman–Crippen MR) is 114 cm³/mol. The van der Waals surface area contributed by atoms with E-state index in [-0.39, 0.29) is 11.6 Å². The molecule has 1 aliphatic heterocycles. The van der Waals surface area contributed by atoms with Crippen molar-refractivity contribution in [1.82, 2.24) is 14.7 Å². The van der Waals surface area contributed by atoms with Gasteiger partial charge in [0.2, 0.25) is 0 Å². The largest absolute Gasteiger partial charge is 0.352 e. The number of halogens is 1. The predicted octanol–water partition coefficient (Wildman–Crippen LogP) is 3.03. The number of hydrogen-bond donors (Lipinski definition) is 1. The van der Waals surface area contributed by atoms with E-state index in [9.17, 15) is 14.0 Å². The van der Waals surface area contributed by atoms with Gasteiger partial charge in [-0.2, -0.15) is 4.68 Å². The summed E-state index contributed by atoms with van der Waals surface area (Å²) < 4.78 is 14.7. The molecule has 1 aliphatic rings. The minimum absolute atomic E-state index is 0.198. The molecule has 0 aliphatic carbocycles. The number of piperazine rings is 1. The normalized spacial score (nSPS) is 13.9. The maximum atomic E-state index is 13.3. The summed E-state index contributed by atoms with van der Waals surface area (Å²) in [4.78, 5) is 28.4. The Bertz CT molecular complexity index is 1110. The van der Waals surface area contributed by atoms with Crippen molar-refractivity contribution in [2.75, 3.05) is 36.4 Å². The van der Waals surface area contributed by atoms with Crippen LogP contribution >= 0.6 is 0 Å². The molecule has 4 rings (SSSR count). The molecule has 3 aromatic rings. The molecule has 0 spiro atoms. The summed E-state index contributed by atoms with van der Waals surface area (Å²) in [6.45, 7) is 4.13. The molecule has 30 heavy (non-hydrogen) atoms. The zero-order valence-corrected chi connectivity index (χ0v) is 16.6. The summed E-state index contributed by atoms with van der Waals surface area (Å²) in [6.07, 6.45) is 0. The van der Waals surface area contributed by atoms with E-state index >= 15 is 0 Å². The smallest absolute Gasteiger partial charge is 0.321 e. The average molecular weight is 407 g/mol. The Balaban J connectivity index is 1.43. The first kappa shape index (κ1) is 19.6. The minimum Gasteiger partial charge on any atom is -0.352 e. The van der Waals surface area contributed by atoms with Crippen molar-refractivity contribution in [1.29, 1.82) is 0 Å². The van der Waals surface area contributed by atoms with Gasteiger partial charge in [0.15, 0.2) is 0 Å². The Kier molecular flexibility index (Phi) is 5.47. The van der Waals surface area contributed by atoms with Crippen LogP contribution in [0.15, 0.2) is 65.5 Å². The number of benzene rings is 2. The number of nitrogens with zero attached hydrogens (tertiary/aromatic N) is 4. The van der Waals surface area contributed by atoms with Crippen LogP contribution < -0.4 is 15.8 Å². The molecule has 0 saturated carbocycles. The number of carbonyl (C=O) groups is 1. The molecule has 8 heteroatoms. The molecule has 0 unspecified atom stereocenters. The molecule has 1 N–H and O–H groups in total. The second-order valence-electron chi connectivity index (χ2n) is 7.19. The van der Waals surface area contributed by atoms with E-state index in [4.69, 9.17) is 0 Å². The molecule has 2 heterocycles. The van der Waals surface area contributed by atoms with Gasteiger partial charge in [-0.25, -0.2) is 9.18 Å². The van der Waals surface area contributed by atoms with E-state index in [1.165, 1.54) is 22.9 Å². The Hall–Kier alpha value is -3.68. The third-order valence-corrected chi connectivity index (χ3v) is 5.03. The number of nitrogens with one attached hydrogen (secondary N) is 1. The average Bonchev–Trinajstić information content (AvgIpc) is 2.75. The lowest BCUT2D eigenvalue weighted by molar-refractivity contribution is 0.208. The summed E-state index contributed by atoms with van der Waals surface area (Å²) in [5.74, 6) is 0.285. The van der Waals surface area contributed by atoms with Crippen LogP contribution in [0.1, 0.15) is 5.56 Å². The quantitative estimate of drug-likeness (QED) is 0.725. The van der Waals surface area contributed by atoms with Crippen molar-refractivity contribution in [3.05, 3.63) is 82.4 Å². The lowest BCUT2D eigenvalue weighted by Gasteiger charge is -2.35. The second kappa shape index (κ2) is 8.36. The van der Waals surface area contributed by atoms with E-state index in [0.29, 0.717) is 43.4 Å².